The Labute approximate surface area is 163 Å². The number of sulfonamides is 1. The molecule has 0 aromatic heterocycles. The van der Waals surface area contributed by atoms with Gasteiger partial charge in [-0.2, -0.15) is 0 Å². The lowest BCUT2D eigenvalue weighted by molar-refractivity contribution is 0.187. The SMILES string of the molecule is Cc1ccc(S(=O)(=O)NCC2CCN(CCc3ccccc3)CC2)cc1C. The van der Waals surface area contributed by atoms with Gasteiger partial charge in [0.25, 0.3) is 0 Å². The lowest BCUT2D eigenvalue weighted by Crippen LogP contribution is -2.39. The Kier molecular flexibility index (Phi) is 6.68. The summed E-state index contributed by atoms with van der Waals surface area (Å²) >= 11 is 0. The standard InChI is InChI=1S/C22H30N2O2S/c1-18-8-9-22(16-19(18)2)27(25,26)23-17-21-11-14-24(15-12-21)13-10-20-6-4-3-5-7-20/h3-9,16,21,23H,10-15,17H2,1-2H3. The van der Waals surface area contributed by atoms with Crippen molar-refractivity contribution in [3.05, 3.63) is 65.2 Å². The van der Waals surface area contributed by atoms with Crippen molar-refractivity contribution in [1.29, 1.82) is 0 Å². The second-order valence-electron chi connectivity index (χ2n) is 7.62. The van der Waals surface area contributed by atoms with E-state index in [0.29, 0.717) is 17.4 Å². The third-order valence-electron chi connectivity index (χ3n) is 5.62. The van der Waals surface area contributed by atoms with Gasteiger partial charge >= 0.3 is 0 Å². The third-order valence-corrected chi connectivity index (χ3v) is 7.04. The minimum atomic E-state index is -3.42. The molecule has 1 fully saturated rings. The molecule has 1 heterocycles. The highest BCUT2D eigenvalue weighted by molar-refractivity contribution is 7.89. The number of nitrogens with zero attached hydrogens (tertiary/aromatic N) is 1. The number of rotatable bonds is 7. The molecular weight excluding hydrogens is 356 g/mol. The van der Waals surface area contributed by atoms with Gasteiger partial charge in [0.05, 0.1) is 4.90 Å². The van der Waals surface area contributed by atoms with Crippen molar-refractivity contribution in [3.8, 4) is 0 Å². The van der Waals surface area contributed by atoms with Crippen LogP contribution in [0.1, 0.15) is 29.5 Å². The van der Waals surface area contributed by atoms with Crippen LogP contribution < -0.4 is 4.72 Å². The van der Waals surface area contributed by atoms with Crippen molar-refractivity contribution in [2.24, 2.45) is 5.92 Å². The second-order valence-corrected chi connectivity index (χ2v) is 9.39. The van der Waals surface area contributed by atoms with Crippen LogP contribution in [0.15, 0.2) is 53.4 Å². The predicted octanol–water partition coefficient (Wildman–Crippen LogP) is 3.54. The lowest BCUT2D eigenvalue weighted by Gasteiger charge is -2.32. The van der Waals surface area contributed by atoms with E-state index in [4.69, 9.17) is 0 Å². The first-order valence-corrected chi connectivity index (χ1v) is 11.3. The molecule has 0 radical (unpaired) electrons. The summed E-state index contributed by atoms with van der Waals surface area (Å²) in [6.07, 6.45) is 3.17. The highest BCUT2D eigenvalue weighted by atomic mass is 32.2. The molecule has 0 bridgehead atoms. The molecule has 0 aliphatic carbocycles. The molecule has 3 rings (SSSR count). The van der Waals surface area contributed by atoms with Crippen LogP contribution in [0, 0.1) is 19.8 Å². The maximum atomic E-state index is 12.5. The number of aryl methyl sites for hydroxylation is 2. The van der Waals surface area contributed by atoms with Crippen LogP contribution >= 0.6 is 0 Å². The molecule has 0 amide bonds. The molecule has 0 atom stereocenters. The summed E-state index contributed by atoms with van der Waals surface area (Å²) < 4.78 is 27.9. The molecule has 27 heavy (non-hydrogen) atoms. The Morgan fingerprint density at radius 2 is 1.70 bits per heavy atom. The molecule has 2 aromatic rings. The molecule has 5 heteroatoms. The summed E-state index contributed by atoms with van der Waals surface area (Å²) in [5.74, 6) is 0.416. The zero-order chi connectivity index (χ0) is 19.3. The topological polar surface area (TPSA) is 49.4 Å². The van der Waals surface area contributed by atoms with Gasteiger partial charge in [-0.25, -0.2) is 13.1 Å². The number of nitrogens with one attached hydrogen (secondary N) is 1. The van der Waals surface area contributed by atoms with Crippen LogP contribution in [0.2, 0.25) is 0 Å². The fourth-order valence-corrected chi connectivity index (χ4v) is 4.74. The Balaban J connectivity index is 1.44. The van der Waals surface area contributed by atoms with Gasteiger partial charge in [0.15, 0.2) is 0 Å². The summed E-state index contributed by atoms with van der Waals surface area (Å²) in [4.78, 5) is 2.85. The Bertz CT molecular complexity index is 842. The monoisotopic (exact) mass is 386 g/mol. The summed E-state index contributed by atoms with van der Waals surface area (Å²) in [5, 5.41) is 0. The normalized spacial score (nSPS) is 16.5. The molecule has 0 spiro atoms. The molecule has 0 saturated carbocycles. The fraction of sp³-hybridized carbons (Fsp3) is 0.455. The largest absolute Gasteiger partial charge is 0.303 e. The van der Waals surface area contributed by atoms with E-state index in [-0.39, 0.29) is 0 Å². The molecule has 2 aromatic carbocycles. The van der Waals surface area contributed by atoms with Crippen molar-refractivity contribution in [1.82, 2.24) is 9.62 Å². The van der Waals surface area contributed by atoms with Gasteiger partial charge in [-0.3, -0.25) is 0 Å². The fourth-order valence-electron chi connectivity index (χ4n) is 3.54. The molecule has 1 aliphatic heterocycles. The number of likely N-dealkylation sites (tertiary alicyclic amines) is 1. The summed E-state index contributed by atoms with van der Waals surface area (Å²) in [5.41, 5.74) is 3.49. The maximum absolute atomic E-state index is 12.5. The van der Waals surface area contributed by atoms with Gasteiger partial charge in [0.2, 0.25) is 10.0 Å². The first-order valence-electron chi connectivity index (χ1n) is 9.77. The molecule has 1 saturated heterocycles. The average Bonchev–Trinajstić information content (AvgIpc) is 2.68. The van der Waals surface area contributed by atoms with E-state index in [1.807, 2.05) is 26.0 Å². The van der Waals surface area contributed by atoms with Crippen molar-refractivity contribution >= 4 is 10.0 Å². The van der Waals surface area contributed by atoms with Crippen molar-refractivity contribution in [2.75, 3.05) is 26.2 Å². The summed E-state index contributed by atoms with van der Waals surface area (Å²) in [6.45, 7) is 7.63. The van der Waals surface area contributed by atoms with Gasteiger partial charge in [0, 0.05) is 13.1 Å². The number of hydrogen-bond donors (Lipinski definition) is 1. The first kappa shape index (κ1) is 20.1. The van der Waals surface area contributed by atoms with Crippen LogP contribution in [0.5, 0.6) is 0 Å². The van der Waals surface area contributed by atoms with Crippen LogP contribution in [-0.2, 0) is 16.4 Å². The van der Waals surface area contributed by atoms with Gasteiger partial charge in [-0.05, 0) is 80.9 Å². The van der Waals surface area contributed by atoms with Crippen LogP contribution in [0.25, 0.3) is 0 Å². The molecule has 4 nitrogen and oxygen atoms in total. The van der Waals surface area contributed by atoms with Crippen molar-refractivity contribution in [3.63, 3.8) is 0 Å². The van der Waals surface area contributed by atoms with E-state index < -0.39 is 10.0 Å². The van der Waals surface area contributed by atoms with Gasteiger partial charge in [-0.15, -0.1) is 0 Å². The van der Waals surface area contributed by atoms with Crippen LogP contribution in [-0.4, -0.2) is 39.5 Å². The highest BCUT2D eigenvalue weighted by Gasteiger charge is 2.22. The predicted molar refractivity (Wildman–Crippen MR) is 110 cm³/mol. The summed E-state index contributed by atoms with van der Waals surface area (Å²) in [6, 6.07) is 15.9. The maximum Gasteiger partial charge on any atom is 0.240 e. The smallest absolute Gasteiger partial charge is 0.240 e. The van der Waals surface area contributed by atoms with Crippen molar-refractivity contribution in [2.45, 2.75) is 38.0 Å². The zero-order valence-corrected chi connectivity index (χ0v) is 17.1. The molecular formula is C22H30N2O2S. The number of benzene rings is 2. The minimum absolute atomic E-state index is 0.367. The Hall–Kier alpha value is -1.69. The van der Waals surface area contributed by atoms with Crippen molar-refractivity contribution < 1.29 is 8.42 Å². The Morgan fingerprint density at radius 3 is 2.37 bits per heavy atom. The van der Waals surface area contributed by atoms with Gasteiger partial charge < -0.3 is 4.90 Å². The van der Waals surface area contributed by atoms with E-state index in [0.717, 1.165) is 50.0 Å². The van der Waals surface area contributed by atoms with Gasteiger partial charge in [0.1, 0.15) is 0 Å². The summed E-state index contributed by atoms with van der Waals surface area (Å²) in [7, 11) is -3.42. The zero-order valence-electron chi connectivity index (χ0n) is 16.3. The van der Waals surface area contributed by atoms with E-state index in [1.165, 1.54) is 5.56 Å². The molecule has 146 valence electrons. The van der Waals surface area contributed by atoms with Gasteiger partial charge in [-0.1, -0.05) is 36.4 Å². The quantitative estimate of drug-likeness (QED) is 0.792. The van der Waals surface area contributed by atoms with E-state index in [1.54, 1.807) is 12.1 Å². The van der Waals surface area contributed by atoms with E-state index in [9.17, 15) is 8.42 Å². The van der Waals surface area contributed by atoms with E-state index in [2.05, 4.69) is 33.9 Å². The lowest BCUT2D eigenvalue weighted by atomic mass is 9.97. The van der Waals surface area contributed by atoms with E-state index >= 15 is 0 Å². The molecule has 1 aliphatic rings. The van der Waals surface area contributed by atoms with Crippen LogP contribution in [0.4, 0.5) is 0 Å². The number of hydrogen-bond acceptors (Lipinski definition) is 3. The first-order chi connectivity index (χ1) is 12.9. The molecule has 0 unspecified atom stereocenters. The number of piperidine rings is 1. The third kappa shape index (κ3) is 5.64. The second kappa shape index (κ2) is 9.00. The molecule has 1 N–H and O–H groups in total. The minimum Gasteiger partial charge on any atom is -0.303 e. The Morgan fingerprint density at radius 1 is 1.00 bits per heavy atom. The van der Waals surface area contributed by atoms with Crippen LogP contribution in [0.3, 0.4) is 0 Å². The highest BCUT2D eigenvalue weighted by Crippen LogP contribution is 2.19. The average molecular weight is 387 g/mol.